The van der Waals surface area contributed by atoms with E-state index >= 15 is 0 Å². The highest BCUT2D eigenvalue weighted by Gasteiger charge is 2.14. The number of hydrogen-bond acceptors (Lipinski definition) is 5. The molecule has 0 saturated heterocycles. The lowest BCUT2D eigenvalue weighted by Crippen LogP contribution is -2.15. The summed E-state index contributed by atoms with van der Waals surface area (Å²) in [4.78, 5) is 25.6. The van der Waals surface area contributed by atoms with Crippen LogP contribution in [-0.2, 0) is 14.3 Å². The molecule has 6 heteroatoms. The van der Waals surface area contributed by atoms with Crippen LogP contribution in [0, 0.1) is 5.82 Å². The molecule has 0 radical (unpaired) electrons. The second-order valence-electron chi connectivity index (χ2n) is 3.01. The van der Waals surface area contributed by atoms with Crippen molar-refractivity contribution in [1.82, 2.24) is 4.98 Å². The van der Waals surface area contributed by atoms with E-state index in [-0.39, 0.29) is 12.2 Å². The maximum Gasteiger partial charge on any atom is 0.379 e. The molecule has 1 aromatic rings. The summed E-state index contributed by atoms with van der Waals surface area (Å²) in [6.07, 6.45) is 2.77. The van der Waals surface area contributed by atoms with Gasteiger partial charge >= 0.3 is 5.97 Å². The lowest BCUT2D eigenvalue weighted by atomic mass is 10.2. The first-order valence-corrected chi connectivity index (χ1v) is 4.77. The van der Waals surface area contributed by atoms with Crippen molar-refractivity contribution in [2.75, 3.05) is 6.61 Å². The quantitative estimate of drug-likeness (QED) is 0.370. The van der Waals surface area contributed by atoms with Gasteiger partial charge in [-0.3, -0.25) is 9.78 Å². The highest BCUT2D eigenvalue weighted by atomic mass is 19.1. The van der Waals surface area contributed by atoms with Gasteiger partial charge in [0.2, 0.25) is 0 Å². The molecule has 17 heavy (non-hydrogen) atoms. The Morgan fingerprint density at radius 1 is 1.53 bits per heavy atom. The molecule has 1 rings (SSSR count). The minimum atomic E-state index is -1.08. The average Bonchev–Trinajstić information content (AvgIpc) is 2.29. The average molecular weight is 239 g/mol. The number of hydrogen-bond donors (Lipinski definition) is 1. The Kier molecular flexibility index (Phi) is 4.33. The molecule has 1 aromatic heterocycles. The summed E-state index contributed by atoms with van der Waals surface area (Å²) < 4.78 is 17.2. The van der Waals surface area contributed by atoms with E-state index in [0.717, 1.165) is 18.5 Å². The van der Waals surface area contributed by atoms with Gasteiger partial charge in [-0.25, -0.2) is 9.18 Å². The van der Waals surface area contributed by atoms with Crippen molar-refractivity contribution >= 4 is 17.5 Å². The van der Waals surface area contributed by atoms with Crippen molar-refractivity contribution in [3.05, 3.63) is 35.9 Å². The molecule has 1 N–H and O–H groups in total. The topological polar surface area (TPSA) is 76.5 Å². The zero-order chi connectivity index (χ0) is 12.8. The molecule has 0 amide bonds. The van der Waals surface area contributed by atoms with E-state index in [4.69, 9.17) is 0 Å². The number of ketones is 1. The minimum Gasteiger partial charge on any atom is -0.507 e. The summed E-state index contributed by atoms with van der Waals surface area (Å²) in [5, 5.41) is 9.46. The van der Waals surface area contributed by atoms with Gasteiger partial charge in [0.1, 0.15) is 11.6 Å². The number of carbonyl (C=O) groups excluding carboxylic acids is 2. The third-order valence-corrected chi connectivity index (χ3v) is 1.75. The zero-order valence-corrected chi connectivity index (χ0v) is 9.01. The van der Waals surface area contributed by atoms with E-state index in [2.05, 4.69) is 9.72 Å². The Balaban J connectivity index is 2.86. The lowest BCUT2D eigenvalue weighted by Gasteiger charge is -2.00. The Bertz CT molecular complexity index is 470. The first-order chi connectivity index (χ1) is 8.04. The number of aliphatic hydroxyl groups is 1. The second kappa shape index (κ2) is 5.74. The first kappa shape index (κ1) is 12.8. The van der Waals surface area contributed by atoms with Crippen molar-refractivity contribution in [2.24, 2.45) is 0 Å². The van der Waals surface area contributed by atoms with Crippen LogP contribution in [0.5, 0.6) is 0 Å². The van der Waals surface area contributed by atoms with Gasteiger partial charge in [0.25, 0.3) is 5.78 Å². The number of rotatable bonds is 4. The van der Waals surface area contributed by atoms with Gasteiger partial charge in [0.05, 0.1) is 12.8 Å². The Labute approximate surface area is 96.5 Å². The van der Waals surface area contributed by atoms with Gasteiger partial charge in [0, 0.05) is 17.8 Å². The molecule has 0 saturated carbocycles. The van der Waals surface area contributed by atoms with Gasteiger partial charge in [0.15, 0.2) is 0 Å². The van der Waals surface area contributed by atoms with Gasteiger partial charge in [-0.1, -0.05) is 0 Å². The summed E-state index contributed by atoms with van der Waals surface area (Å²) in [5.74, 6) is -3.31. The predicted molar refractivity (Wildman–Crippen MR) is 56.4 cm³/mol. The van der Waals surface area contributed by atoms with Gasteiger partial charge in [-0.05, 0) is 13.0 Å². The fourth-order valence-electron chi connectivity index (χ4n) is 1.02. The van der Waals surface area contributed by atoms with Crippen LogP contribution in [0.15, 0.2) is 24.5 Å². The Morgan fingerprint density at radius 2 is 2.24 bits per heavy atom. The van der Waals surface area contributed by atoms with E-state index in [1.54, 1.807) is 6.92 Å². The van der Waals surface area contributed by atoms with Crippen LogP contribution in [0.4, 0.5) is 4.39 Å². The molecule has 0 aliphatic rings. The highest BCUT2D eigenvalue weighted by Crippen LogP contribution is 2.11. The molecular weight excluding hydrogens is 229 g/mol. The summed E-state index contributed by atoms with van der Waals surface area (Å²) in [7, 11) is 0. The van der Waals surface area contributed by atoms with Crippen molar-refractivity contribution in [3.63, 3.8) is 0 Å². The summed E-state index contributed by atoms with van der Waals surface area (Å²) in [6, 6.07) is 0.983. The minimum absolute atomic E-state index is 0.00245. The number of ether oxygens (including phenoxy) is 1. The molecule has 0 aliphatic carbocycles. The molecule has 1 heterocycles. The second-order valence-corrected chi connectivity index (χ2v) is 3.01. The Hall–Kier alpha value is -2.24. The number of halogens is 1. The zero-order valence-electron chi connectivity index (χ0n) is 9.01. The summed E-state index contributed by atoms with van der Waals surface area (Å²) in [6.45, 7) is 1.60. The fourth-order valence-corrected chi connectivity index (χ4v) is 1.02. The third-order valence-electron chi connectivity index (χ3n) is 1.75. The van der Waals surface area contributed by atoms with Crippen LogP contribution < -0.4 is 0 Å². The van der Waals surface area contributed by atoms with Gasteiger partial charge < -0.3 is 9.84 Å². The first-order valence-electron chi connectivity index (χ1n) is 4.77. The molecular formula is C11H10FNO4. The monoisotopic (exact) mass is 239 g/mol. The molecule has 0 spiro atoms. The van der Waals surface area contributed by atoms with Crippen LogP contribution in [0.25, 0.3) is 5.76 Å². The van der Waals surface area contributed by atoms with E-state index < -0.39 is 23.3 Å². The third kappa shape index (κ3) is 3.67. The van der Waals surface area contributed by atoms with Crippen LogP contribution in [-0.4, -0.2) is 28.4 Å². The van der Waals surface area contributed by atoms with Crippen LogP contribution in [0.3, 0.4) is 0 Å². The van der Waals surface area contributed by atoms with Crippen LogP contribution in [0.1, 0.15) is 12.5 Å². The standard InChI is InChI=1S/C11H10FNO4/c1-2-17-11(16)10(15)4-9(14)7-3-8(12)6-13-5-7/h3-6,14H,2H2,1H3. The maximum atomic E-state index is 12.8. The summed E-state index contributed by atoms with van der Waals surface area (Å²) >= 11 is 0. The van der Waals surface area contributed by atoms with E-state index in [0.29, 0.717) is 6.08 Å². The lowest BCUT2D eigenvalue weighted by molar-refractivity contribution is -0.151. The maximum absolute atomic E-state index is 12.8. The number of esters is 1. The number of aliphatic hydroxyl groups excluding tert-OH is 1. The number of pyridine rings is 1. The van der Waals surface area contributed by atoms with Crippen LogP contribution in [0.2, 0.25) is 0 Å². The molecule has 0 unspecified atom stereocenters. The number of aromatic nitrogens is 1. The van der Waals surface area contributed by atoms with Crippen molar-refractivity contribution < 1.29 is 23.8 Å². The highest BCUT2D eigenvalue weighted by molar-refractivity contribution is 6.39. The SMILES string of the molecule is CCOC(=O)C(=O)C=C(O)c1cncc(F)c1. The van der Waals surface area contributed by atoms with Crippen LogP contribution >= 0.6 is 0 Å². The van der Waals surface area contributed by atoms with Gasteiger partial charge in [-0.2, -0.15) is 0 Å². The molecule has 0 fully saturated rings. The van der Waals surface area contributed by atoms with Crippen molar-refractivity contribution in [1.29, 1.82) is 0 Å². The fraction of sp³-hybridized carbons (Fsp3) is 0.182. The predicted octanol–water partition coefficient (Wildman–Crippen LogP) is 1.25. The molecule has 5 nitrogen and oxygen atoms in total. The molecule has 90 valence electrons. The molecule has 0 aliphatic heterocycles. The number of carbonyl (C=O) groups is 2. The smallest absolute Gasteiger partial charge is 0.379 e. The molecule has 0 bridgehead atoms. The van der Waals surface area contributed by atoms with Crippen molar-refractivity contribution in [3.8, 4) is 0 Å². The van der Waals surface area contributed by atoms with E-state index in [1.807, 2.05) is 0 Å². The number of nitrogens with zero attached hydrogens (tertiary/aromatic N) is 1. The Morgan fingerprint density at radius 3 is 2.82 bits per heavy atom. The molecule has 0 atom stereocenters. The normalized spacial score (nSPS) is 11.1. The van der Waals surface area contributed by atoms with Gasteiger partial charge in [-0.15, -0.1) is 0 Å². The van der Waals surface area contributed by atoms with E-state index in [1.165, 1.54) is 0 Å². The summed E-state index contributed by atoms with van der Waals surface area (Å²) in [5.41, 5.74) is 0.00245. The largest absolute Gasteiger partial charge is 0.507 e. The van der Waals surface area contributed by atoms with E-state index in [9.17, 15) is 19.1 Å². The van der Waals surface area contributed by atoms with Crippen molar-refractivity contribution in [2.45, 2.75) is 6.92 Å². The molecule has 0 aromatic carbocycles.